The summed E-state index contributed by atoms with van der Waals surface area (Å²) in [6.07, 6.45) is 0. The highest BCUT2D eigenvalue weighted by Crippen LogP contribution is 2.06. The van der Waals surface area contributed by atoms with Gasteiger partial charge in [0.25, 0.3) is 0 Å². The molecule has 0 unspecified atom stereocenters. The number of hydrogen-bond acceptors (Lipinski definition) is 1. The van der Waals surface area contributed by atoms with Gasteiger partial charge in [0.15, 0.2) is 0 Å². The Kier molecular flexibility index (Phi) is 1.52. The highest BCUT2D eigenvalue weighted by Gasteiger charge is 2.38. The predicted molar refractivity (Wildman–Crippen MR) is 18.4 cm³/mol. The topological polar surface area (TPSA) is 17.1 Å². The van der Waals surface area contributed by atoms with Gasteiger partial charge in [0.2, 0.25) is 0 Å². The Hall–Kier alpha value is -0.120. The van der Waals surface area contributed by atoms with E-state index in [1.165, 1.54) is 0 Å². The molecule has 4 heteroatoms. The van der Waals surface area contributed by atoms with Gasteiger partial charge in [-0.15, -0.1) is 8.78 Å². The lowest BCUT2D eigenvalue weighted by atomic mass is 10.9. The van der Waals surface area contributed by atoms with Crippen molar-refractivity contribution in [2.24, 2.45) is 0 Å². The SMILES string of the molecule is [CH2]C(F)(F)[S+]=O. The van der Waals surface area contributed by atoms with Gasteiger partial charge in [-0.3, -0.25) is 0 Å². The fraction of sp³-hybridized carbons (Fsp3) is 0.500. The van der Waals surface area contributed by atoms with Gasteiger partial charge in [0, 0.05) is 4.21 Å². The Labute approximate surface area is 37.8 Å². The third kappa shape index (κ3) is 3.88. The minimum absolute atomic E-state index is 0.813. The van der Waals surface area contributed by atoms with Gasteiger partial charge in [0.05, 0.1) is 6.92 Å². The number of alkyl halides is 2. The molecule has 0 fully saturated rings. The highest BCUT2D eigenvalue weighted by molar-refractivity contribution is 7.66. The van der Waals surface area contributed by atoms with E-state index in [9.17, 15) is 8.78 Å². The van der Waals surface area contributed by atoms with Crippen molar-refractivity contribution in [3.8, 4) is 0 Å². The van der Waals surface area contributed by atoms with Crippen molar-refractivity contribution in [1.29, 1.82) is 0 Å². The normalized spacial score (nSPS) is 11.2. The molecule has 35 valence electrons. The summed E-state index contributed by atoms with van der Waals surface area (Å²) in [7, 11) is 0. The molecule has 0 saturated heterocycles. The molecule has 1 nitrogen and oxygen atoms in total. The van der Waals surface area contributed by atoms with Crippen LogP contribution in [0.4, 0.5) is 8.78 Å². The van der Waals surface area contributed by atoms with Crippen LogP contribution in [-0.2, 0) is 15.9 Å². The van der Waals surface area contributed by atoms with E-state index >= 15 is 0 Å². The summed E-state index contributed by atoms with van der Waals surface area (Å²) in [4.78, 5) is 0. The zero-order chi connectivity index (χ0) is 5.21. The molecule has 6 heavy (non-hydrogen) atoms. The maximum absolute atomic E-state index is 11.0. The van der Waals surface area contributed by atoms with Crippen LogP contribution < -0.4 is 0 Å². The summed E-state index contributed by atoms with van der Waals surface area (Å²) < 4.78 is 31.0. The Bertz CT molecular complexity index is 57.1. The lowest BCUT2D eigenvalue weighted by Crippen LogP contribution is -2.05. The zero-order valence-electron chi connectivity index (χ0n) is 2.78. The Balaban J connectivity index is 3.45. The van der Waals surface area contributed by atoms with Crippen molar-refractivity contribution in [2.75, 3.05) is 0 Å². The molecule has 0 atom stereocenters. The van der Waals surface area contributed by atoms with Crippen LogP contribution in [0.3, 0.4) is 0 Å². The first-order chi connectivity index (χ1) is 2.56. The van der Waals surface area contributed by atoms with E-state index in [1.54, 1.807) is 0 Å². The molecular weight excluding hydrogens is 110 g/mol. The van der Waals surface area contributed by atoms with Crippen LogP contribution in [0.25, 0.3) is 0 Å². The van der Waals surface area contributed by atoms with E-state index in [0.29, 0.717) is 0 Å². The first kappa shape index (κ1) is 5.88. The van der Waals surface area contributed by atoms with Gasteiger partial charge in [-0.25, -0.2) is 0 Å². The van der Waals surface area contributed by atoms with Crippen molar-refractivity contribution in [3.05, 3.63) is 6.92 Å². The fourth-order valence-electron chi connectivity index (χ4n) is 0. The number of halogens is 2. The van der Waals surface area contributed by atoms with E-state index in [-0.39, 0.29) is 0 Å². The van der Waals surface area contributed by atoms with Gasteiger partial charge >= 0.3 is 16.9 Å². The van der Waals surface area contributed by atoms with Crippen LogP contribution in [0.5, 0.6) is 0 Å². The Morgan fingerprint density at radius 2 is 1.83 bits per heavy atom. The molecule has 0 saturated carbocycles. The molecule has 0 aliphatic heterocycles. The molecule has 0 rings (SSSR count). The molecule has 0 heterocycles. The summed E-state index contributed by atoms with van der Waals surface area (Å²) in [5, 5.41) is -3.35. The Morgan fingerprint density at radius 3 is 1.83 bits per heavy atom. The number of rotatable bonds is 1. The van der Waals surface area contributed by atoms with Gasteiger partial charge < -0.3 is 0 Å². The molecule has 0 amide bonds. The average Bonchev–Trinajstić information content (AvgIpc) is 1.35. The van der Waals surface area contributed by atoms with E-state index in [4.69, 9.17) is 4.21 Å². The quantitative estimate of drug-likeness (QED) is 0.459. The standard InChI is InChI=1S/C2H2F2OS/c1-2(3,4)6-5/h1H2/q+1. The van der Waals surface area contributed by atoms with E-state index in [1.807, 2.05) is 0 Å². The summed E-state index contributed by atoms with van der Waals surface area (Å²) in [5.41, 5.74) is 0. The Morgan fingerprint density at radius 1 is 1.67 bits per heavy atom. The van der Waals surface area contributed by atoms with Gasteiger partial charge in [-0.2, -0.15) is 0 Å². The predicted octanol–water partition coefficient (Wildman–Crippen LogP) is 0.841. The van der Waals surface area contributed by atoms with Crippen LogP contribution in [-0.4, -0.2) is 5.25 Å². The molecule has 0 aromatic carbocycles. The van der Waals surface area contributed by atoms with Crippen LogP contribution in [0.15, 0.2) is 0 Å². The first-order valence-corrected chi connectivity index (χ1v) is 1.84. The molecule has 0 aliphatic carbocycles. The average molecular weight is 112 g/mol. The maximum Gasteiger partial charge on any atom is 0.542 e. The maximum atomic E-state index is 11.0. The minimum Gasteiger partial charge on any atom is -0.142 e. The monoisotopic (exact) mass is 112 g/mol. The molecule has 1 radical (unpaired) electrons. The summed E-state index contributed by atoms with van der Waals surface area (Å²) >= 11 is -0.813. The van der Waals surface area contributed by atoms with E-state index in [2.05, 4.69) is 6.92 Å². The largest absolute Gasteiger partial charge is 0.542 e. The van der Waals surface area contributed by atoms with Crippen molar-refractivity contribution in [1.82, 2.24) is 0 Å². The fourth-order valence-corrected chi connectivity index (χ4v) is 0. The van der Waals surface area contributed by atoms with Crippen LogP contribution in [0.1, 0.15) is 0 Å². The molecule has 0 aliphatic rings. The second-order valence-corrected chi connectivity index (χ2v) is 1.48. The molecule has 0 spiro atoms. The highest BCUT2D eigenvalue weighted by atomic mass is 32.1. The van der Waals surface area contributed by atoms with Crippen molar-refractivity contribution in [2.45, 2.75) is 5.25 Å². The lowest BCUT2D eigenvalue weighted by molar-refractivity contribution is 0.154. The van der Waals surface area contributed by atoms with Gasteiger partial charge in [-0.05, 0) is 0 Å². The van der Waals surface area contributed by atoms with E-state index < -0.39 is 16.9 Å². The van der Waals surface area contributed by atoms with Crippen molar-refractivity contribution in [3.63, 3.8) is 0 Å². The lowest BCUT2D eigenvalue weighted by Gasteiger charge is -1.75. The molecule has 0 N–H and O–H groups in total. The third-order valence-electron chi connectivity index (χ3n) is 0.122. The third-order valence-corrected chi connectivity index (χ3v) is 0.366. The number of hydrogen-bond donors (Lipinski definition) is 0. The van der Waals surface area contributed by atoms with Crippen LogP contribution in [0.2, 0.25) is 0 Å². The van der Waals surface area contributed by atoms with Gasteiger partial charge in [-0.1, -0.05) is 0 Å². The molecular formula is C2H2F2OS+. The summed E-state index contributed by atoms with van der Waals surface area (Å²) in [6, 6.07) is 0. The minimum atomic E-state index is -3.35. The van der Waals surface area contributed by atoms with Crippen molar-refractivity contribution >= 4 is 11.7 Å². The summed E-state index contributed by atoms with van der Waals surface area (Å²) in [5.74, 6) is 0. The zero-order valence-corrected chi connectivity index (χ0v) is 3.60. The van der Waals surface area contributed by atoms with Gasteiger partial charge in [0.1, 0.15) is 0 Å². The molecule has 0 bridgehead atoms. The second kappa shape index (κ2) is 1.55. The molecule has 0 aromatic heterocycles. The van der Waals surface area contributed by atoms with E-state index in [0.717, 1.165) is 0 Å². The first-order valence-electron chi connectivity index (χ1n) is 1.10. The smallest absolute Gasteiger partial charge is 0.142 e. The molecule has 0 aromatic rings. The van der Waals surface area contributed by atoms with Crippen LogP contribution in [0, 0.1) is 6.92 Å². The van der Waals surface area contributed by atoms with Crippen LogP contribution >= 0.6 is 0 Å². The van der Waals surface area contributed by atoms with Crippen molar-refractivity contribution < 1.29 is 13.0 Å². The second-order valence-electron chi connectivity index (χ2n) is 0.721. The summed E-state index contributed by atoms with van der Waals surface area (Å²) in [6.45, 7) is 2.21.